The van der Waals surface area contributed by atoms with Crippen molar-refractivity contribution in [2.75, 3.05) is 19.8 Å². The van der Waals surface area contributed by atoms with Crippen molar-refractivity contribution in [1.82, 2.24) is 10.3 Å². The summed E-state index contributed by atoms with van der Waals surface area (Å²) in [6, 6.07) is 3.74. The molecule has 0 saturated carbocycles. The molecule has 6 heteroatoms. The van der Waals surface area contributed by atoms with Gasteiger partial charge in [-0.2, -0.15) is 0 Å². The van der Waals surface area contributed by atoms with Gasteiger partial charge in [0.15, 0.2) is 0 Å². The molecule has 92 valence electrons. The van der Waals surface area contributed by atoms with E-state index < -0.39 is 12.6 Å². The number of pyridine rings is 1. The Hall–Kier alpha value is -1.95. The molecule has 1 rings (SSSR count). The summed E-state index contributed by atoms with van der Waals surface area (Å²) in [5.74, 6) is -1.41. The smallest absolute Gasteiger partial charge is 0.329 e. The van der Waals surface area contributed by atoms with E-state index in [0.29, 0.717) is 13.0 Å². The van der Waals surface area contributed by atoms with E-state index in [1.807, 2.05) is 12.1 Å². The van der Waals surface area contributed by atoms with Crippen LogP contribution in [0.2, 0.25) is 0 Å². The lowest BCUT2D eigenvalue weighted by Crippen LogP contribution is -2.30. The van der Waals surface area contributed by atoms with Crippen molar-refractivity contribution in [2.45, 2.75) is 6.42 Å². The van der Waals surface area contributed by atoms with E-state index in [9.17, 15) is 9.59 Å². The van der Waals surface area contributed by atoms with Crippen molar-refractivity contribution >= 4 is 11.9 Å². The maximum Gasteiger partial charge on any atom is 0.329 e. The average molecular weight is 238 g/mol. The van der Waals surface area contributed by atoms with Crippen LogP contribution in [0.5, 0.6) is 0 Å². The van der Waals surface area contributed by atoms with Crippen LogP contribution in [-0.4, -0.2) is 41.7 Å². The minimum Gasteiger partial charge on any atom is -0.480 e. The Morgan fingerprint density at radius 1 is 1.41 bits per heavy atom. The van der Waals surface area contributed by atoms with Crippen molar-refractivity contribution in [2.24, 2.45) is 0 Å². The van der Waals surface area contributed by atoms with Gasteiger partial charge in [0, 0.05) is 18.9 Å². The molecular formula is C11H14N2O4. The van der Waals surface area contributed by atoms with Crippen molar-refractivity contribution in [3.63, 3.8) is 0 Å². The monoisotopic (exact) mass is 238 g/mol. The number of carbonyl (C=O) groups is 2. The number of amides is 1. The Morgan fingerprint density at radius 2 is 2.24 bits per heavy atom. The van der Waals surface area contributed by atoms with Crippen LogP contribution < -0.4 is 5.32 Å². The molecule has 1 aromatic rings. The highest BCUT2D eigenvalue weighted by Crippen LogP contribution is 1.95. The number of aliphatic carboxylic acids is 1. The summed E-state index contributed by atoms with van der Waals surface area (Å²) in [5, 5.41) is 10.9. The van der Waals surface area contributed by atoms with Crippen LogP contribution in [0.3, 0.4) is 0 Å². The third-order valence-corrected chi connectivity index (χ3v) is 1.92. The van der Waals surface area contributed by atoms with Gasteiger partial charge in [0.1, 0.15) is 13.2 Å². The zero-order valence-electron chi connectivity index (χ0n) is 9.26. The van der Waals surface area contributed by atoms with Crippen molar-refractivity contribution in [3.8, 4) is 0 Å². The fourth-order valence-corrected chi connectivity index (χ4v) is 1.17. The molecule has 0 aliphatic rings. The van der Waals surface area contributed by atoms with Gasteiger partial charge in [-0.05, 0) is 18.1 Å². The highest BCUT2D eigenvalue weighted by atomic mass is 16.5. The number of hydrogen-bond acceptors (Lipinski definition) is 4. The molecule has 1 amide bonds. The maximum atomic E-state index is 11.2. The van der Waals surface area contributed by atoms with Gasteiger partial charge in [0.05, 0.1) is 0 Å². The van der Waals surface area contributed by atoms with Gasteiger partial charge in [-0.1, -0.05) is 6.07 Å². The summed E-state index contributed by atoms with van der Waals surface area (Å²) in [4.78, 5) is 25.2. The summed E-state index contributed by atoms with van der Waals surface area (Å²) < 4.78 is 4.64. The lowest BCUT2D eigenvalue weighted by atomic mass is 10.2. The molecular weight excluding hydrogens is 224 g/mol. The van der Waals surface area contributed by atoms with E-state index in [2.05, 4.69) is 15.0 Å². The highest BCUT2D eigenvalue weighted by Gasteiger charge is 2.03. The number of hydrogen-bond donors (Lipinski definition) is 2. The number of nitrogens with zero attached hydrogens (tertiary/aromatic N) is 1. The number of rotatable bonds is 7. The molecule has 0 saturated heterocycles. The molecule has 0 bridgehead atoms. The Kier molecular flexibility index (Phi) is 5.67. The van der Waals surface area contributed by atoms with Gasteiger partial charge in [0.25, 0.3) is 0 Å². The molecule has 0 fully saturated rings. The Balaban J connectivity index is 2.10. The molecule has 6 nitrogen and oxygen atoms in total. The molecule has 1 heterocycles. The SMILES string of the molecule is O=C(O)COCC(=O)NCCc1cccnc1. The maximum absolute atomic E-state index is 11.2. The fraction of sp³-hybridized carbons (Fsp3) is 0.364. The fourth-order valence-electron chi connectivity index (χ4n) is 1.17. The number of carbonyl (C=O) groups excluding carboxylic acids is 1. The summed E-state index contributed by atoms with van der Waals surface area (Å²) in [6.07, 6.45) is 4.09. The first-order valence-electron chi connectivity index (χ1n) is 5.13. The van der Waals surface area contributed by atoms with Crippen LogP contribution in [0.15, 0.2) is 24.5 Å². The van der Waals surface area contributed by atoms with E-state index in [-0.39, 0.29) is 12.5 Å². The molecule has 0 unspecified atom stereocenters. The van der Waals surface area contributed by atoms with Crippen LogP contribution >= 0.6 is 0 Å². The molecule has 17 heavy (non-hydrogen) atoms. The van der Waals surface area contributed by atoms with Gasteiger partial charge in [-0.15, -0.1) is 0 Å². The first-order chi connectivity index (χ1) is 8.18. The van der Waals surface area contributed by atoms with Gasteiger partial charge >= 0.3 is 5.97 Å². The molecule has 0 radical (unpaired) electrons. The minimum atomic E-state index is -1.09. The minimum absolute atomic E-state index is 0.237. The lowest BCUT2D eigenvalue weighted by Gasteiger charge is -2.04. The Morgan fingerprint density at radius 3 is 2.88 bits per heavy atom. The van der Waals surface area contributed by atoms with Crippen molar-refractivity contribution < 1.29 is 19.4 Å². The summed E-state index contributed by atoms with van der Waals surface area (Å²) in [5.41, 5.74) is 1.03. The standard InChI is InChI=1S/C11H14N2O4/c14-10(7-17-8-11(15)16)13-5-3-9-2-1-4-12-6-9/h1-2,4,6H,3,5,7-8H2,(H,13,14)(H,15,16). The third kappa shape index (κ3) is 6.26. The lowest BCUT2D eigenvalue weighted by molar-refractivity contribution is -0.143. The van der Waals surface area contributed by atoms with Crippen LogP contribution in [0.25, 0.3) is 0 Å². The number of nitrogens with one attached hydrogen (secondary N) is 1. The second-order valence-corrected chi connectivity index (χ2v) is 3.35. The van der Waals surface area contributed by atoms with E-state index in [4.69, 9.17) is 5.11 Å². The highest BCUT2D eigenvalue weighted by molar-refractivity contribution is 5.77. The molecule has 1 aromatic heterocycles. The van der Waals surface area contributed by atoms with Gasteiger partial charge in [-0.25, -0.2) is 4.79 Å². The zero-order valence-corrected chi connectivity index (χ0v) is 9.26. The van der Waals surface area contributed by atoms with Gasteiger partial charge in [-0.3, -0.25) is 9.78 Å². The van der Waals surface area contributed by atoms with Gasteiger partial charge < -0.3 is 15.2 Å². The van der Waals surface area contributed by atoms with Crippen LogP contribution in [0, 0.1) is 0 Å². The summed E-state index contributed by atoms with van der Waals surface area (Å²) in [6.45, 7) is -0.226. The van der Waals surface area contributed by atoms with E-state index in [1.54, 1.807) is 12.4 Å². The average Bonchev–Trinajstić information content (AvgIpc) is 2.30. The first-order valence-corrected chi connectivity index (χ1v) is 5.13. The van der Waals surface area contributed by atoms with E-state index >= 15 is 0 Å². The van der Waals surface area contributed by atoms with Crippen molar-refractivity contribution in [1.29, 1.82) is 0 Å². The van der Waals surface area contributed by atoms with Gasteiger partial charge in [0.2, 0.25) is 5.91 Å². The third-order valence-electron chi connectivity index (χ3n) is 1.92. The molecule has 0 aliphatic heterocycles. The quantitative estimate of drug-likeness (QED) is 0.689. The van der Waals surface area contributed by atoms with Crippen molar-refractivity contribution in [3.05, 3.63) is 30.1 Å². The summed E-state index contributed by atoms with van der Waals surface area (Å²) in [7, 11) is 0. The number of carboxylic acid groups (broad SMARTS) is 1. The van der Waals surface area contributed by atoms with E-state index in [0.717, 1.165) is 5.56 Å². The number of aromatic nitrogens is 1. The van der Waals surface area contributed by atoms with E-state index in [1.165, 1.54) is 0 Å². The largest absolute Gasteiger partial charge is 0.480 e. The molecule has 0 spiro atoms. The van der Waals surface area contributed by atoms with Crippen LogP contribution in [0.4, 0.5) is 0 Å². The van der Waals surface area contributed by atoms with Crippen LogP contribution in [-0.2, 0) is 20.7 Å². The Labute approximate surface area is 98.6 Å². The molecule has 0 aliphatic carbocycles. The summed E-state index contributed by atoms with van der Waals surface area (Å²) >= 11 is 0. The Bertz CT molecular complexity index is 367. The number of carboxylic acids is 1. The topological polar surface area (TPSA) is 88.5 Å². The number of ether oxygens (including phenoxy) is 1. The predicted octanol–water partition coefficient (Wildman–Crippen LogP) is -0.158. The second kappa shape index (κ2) is 7.34. The zero-order chi connectivity index (χ0) is 12.5. The van der Waals surface area contributed by atoms with Crippen LogP contribution in [0.1, 0.15) is 5.56 Å². The molecule has 0 aromatic carbocycles. The predicted molar refractivity (Wildman–Crippen MR) is 59.4 cm³/mol. The first kappa shape index (κ1) is 13.1. The normalized spacial score (nSPS) is 9.88. The second-order valence-electron chi connectivity index (χ2n) is 3.35. The molecule has 2 N–H and O–H groups in total. The molecule has 0 atom stereocenters.